The van der Waals surface area contributed by atoms with Crippen molar-refractivity contribution in [2.45, 2.75) is 89.9 Å². The van der Waals surface area contributed by atoms with E-state index >= 15 is 0 Å². The van der Waals surface area contributed by atoms with Gasteiger partial charge in [0.05, 0.1) is 18.3 Å². The largest absolute Gasteiger partial charge is 0.393 e. The van der Waals surface area contributed by atoms with Crippen molar-refractivity contribution >= 4 is 0 Å². The lowest BCUT2D eigenvalue weighted by atomic mass is 9.61. The van der Waals surface area contributed by atoms with Crippen molar-refractivity contribution in [3.8, 4) is 0 Å². The van der Waals surface area contributed by atoms with Crippen LogP contribution in [0.5, 0.6) is 0 Å². The van der Waals surface area contributed by atoms with Crippen molar-refractivity contribution < 1.29 is 15.3 Å². The van der Waals surface area contributed by atoms with E-state index in [2.05, 4.69) is 44.7 Å². The molecular formula is C27H40O3. The number of aliphatic hydroxyl groups excluding tert-OH is 3. The van der Waals surface area contributed by atoms with Gasteiger partial charge in [-0.2, -0.15) is 0 Å². The molecule has 0 radical (unpaired) electrons. The zero-order valence-electron chi connectivity index (χ0n) is 18.8. The third kappa shape index (κ3) is 4.40. The Morgan fingerprint density at radius 3 is 2.60 bits per heavy atom. The number of hydrogen-bond donors (Lipinski definition) is 3. The first-order valence-electron chi connectivity index (χ1n) is 12.1. The minimum Gasteiger partial charge on any atom is -0.393 e. The second-order valence-electron chi connectivity index (χ2n) is 10.7. The molecule has 0 heterocycles. The lowest BCUT2D eigenvalue weighted by Gasteiger charge is -2.44. The maximum Gasteiger partial charge on any atom is 0.0811 e. The fraction of sp³-hybridized carbons (Fsp3) is 0.704. The third-order valence-corrected chi connectivity index (χ3v) is 8.65. The van der Waals surface area contributed by atoms with Gasteiger partial charge in [-0.3, -0.25) is 0 Å². The van der Waals surface area contributed by atoms with E-state index in [1.165, 1.54) is 44.1 Å². The summed E-state index contributed by atoms with van der Waals surface area (Å²) < 4.78 is 0. The highest BCUT2D eigenvalue weighted by Crippen LogP contribution is 2.59. The molecule has 3 N–H and O–H groups in total. The van der Waals surface area contributed by atoms with Gasteiger partial charge in [0.2, 0.25) is 0 Å². The molecule has 166 valence electrons. The van der Waals surface area contributed by atoms with E-state index in [9.17, 15) is 15.3 Å². The Morgan fingerprint density at radius 1 is 1.10 bits per heavy atom. The van der Waals surface area contributed by atoms with E-state index < -0.39 is 12.2 Å². The van der Waals surface area contributed by atoms with Crippen molar-refractivity contribution in [3.63, 3.8) is 0 Å². The molecule has 4 fully saturated rings. The van der Waals surface area contributed by atoms with Crippen LogP contribution >= 0.6 is 0 Å². The van der Waals surface area contributed by atoms with Gasteiger partial charge in [-0.05, 0) is 91.6 Å². The molecule has 0 amide bonds. The summed E-state index contributed by atoms with van der Waals surface area (Å²) in [5.74, 6) is 2.28. The number of allylic oxidation sites excluding steroid dienone is 4. The summed E-state index contributed by atoms with van der Waals surface area (Å²) in [5, 5.41) is 30.4. The van der Waals surface area contributed by atoms with Crippen LogP contribution < -0.4 is 0 Å². The van der Waals surface area contributed by atoms with Gasteiger partial charge in [0, 0.05) is 6.42 Å². The van der Waals surface area contributed by atoms with E-state index in [1.807, 2.05) is 0 Å². The molecule has 3 heteroatoms. The van der Waals surface area contributed by atoms with Crippen molar-refractivity contribution in [1.82, 2.24) is 0 Å². The maximum atomic E-state index is 10.2. The molecule has 0 saturated heterocycles. The van der Waals surface area contributed by atoms with E-state index in [-0.39, 0.29) is 6.10 Å². The van der Waals surface area contributed by atoms with Crippen LogP contribution in [0.25, 0.3) is 0 Å². The van der Waals surface area contributed by atoms with E-state index in [4.69, 9.17) is 0 Å². The Kier molecular flexibility index (Phi) is 6.44. The lowest BCUT2D eigenvalue weighted by Crippen LogP contribution is -2.35. The number of fused-ring (bicyclic) bond motifs is 1. The molecule has 3 nitrogen and oxygen atoms in total. The Bertz CT molecular complexity index is 743. The van der Waals surface area contributed by atoms with E-state index in [0.29, 0.717) is 41.9 Å². The smallest absolute Gasteiger partial charge is 0.0811 e. The van der Waals surface area contributed by atoms with Crippen molar-refractivity contribution in [1.29, 1.82) is 0 Å². The van der Waals surface area contributed by atoms with E-state index in [0.717, 1.165) is 17.6 Å². The average Bonchev–Trinajstić information content (AvgIpc) is 3.49. The monoisotopic (exact) mass is 412 g/mol. The molecule has 1 unspecified atom stereocenters. The highest BCUT2D eigenvalue weighted by Gasteiger charge is 2.50. The standard InChI is InChI=1S/C27H40O3/c1-17(6-13-25(29)20-8-9-20)23-11-12-24-19(5-4-14-27(23,24)3)7-10-21-15-22(28)16-26(30)18(21)2/h6-7,10,13,17,20,22-26,28-30H,2,4-5,8-9,11-12,14-16H2,1,3H3/b13-6+,19-7+,21-10-/t17-,22-,23-,24+,25?,26+,27-/m1/s1. The van der Waals surface area contributed by atoms with Crippen LogP contribution in [0.2, 0.25) is 0 Å². The number of rotatable bonds is 5. The molecule has 0 aromatic heterocycles. The first-order valence-corrected chi connectivity index (χ1v) is 12.1. The normalized spacial score (nSPS) is 42.1. The molecule has 0 aliphatic heterocycles. The van der Waals surface area contributed by atoms with Crippen molar-refractivity contribution in [2.24, 2.45) is 29.1 Å². The molecule has 4 aliphatic carbocycles. The van der Waals surface area contributed by atoms with Crippen molar-refractivity contribution in [3.05, 3.63) is 47.6 Å². The lowest BCUT2D eigenvalue weighted by molar-refractivity contribution is 0.0862. The quantitative estimate of drug-likeness (QED) is 0.551. The predicted octanol–water partition coefficient (Wildman–Crippen LogP) is 5.09. The number of hydrogen-bond acceptors (Lipinski definition) is 3. The SMILES string of the molecule is C=C1/C(=C\C=C2/CCC[C@]3(C)[C@@H]([C@H](C)/C=C/C(O)C4CC4)CC[C@@H]23)C[C@@H](O)C[C@@H]1O. The van der Waals surface area contributed by atoms with E-state index in [1.54, 1.807) is 0 Å². The number of aliphatic hydroxyl groups is 3. The Morgan fingerprint density at radius 2 is 1.87 bits per heavy atom. The van der Waals surface area contributed by atoms with Gasteiger partial charge < -0.3 is 15.3 Å². The van der Waals surface area contributed by atoms with Gasteiger partial charge in [0.15, 0.2) is 0 Å². The van der Waals surface area contributed by atoms with Gasteiger partial charge in [-0.1, -0.05) is 50.3 Å². The molecule has 0 spiro atoms. The zero-order chi connectivity index (χ0) is 21.5. The highest BCUT2D eigenvalue weighted by atomic mass is 16.3. The summed E-state index contributed by atoms with van der Waals surface area (Å²) in [7, 11) is 0. The van der Waals surface area contributed by atoms with Crippen LogP contribution in [-0.2, 0) is 0 Å². The Labute approximate surface area is 182 Å². The summed E-state index contributed by atoms with van der Waals surface area (Å²) in [6, 6.07) is 0. The molecule has 0 aromatic rings. The minimum absolute atomic E-state index is 0.250. The van der Waals surface area contributed by atoms with Gasteiger partial charge in [0.25, 0.3) is 0 Å². The molecule has 4 rings (SSSR count). The van der Waals surface area contributed by atoms with Crippen LogP contribution in [0.3, 0.4) is 0 Å². The van der Waals surface area contributed by atoms with Gasteiger partial charge in [-0.25, -0.2) is 0 Å². The summed E-state index contributed by atoms with van der Waals surface area (Å²) in [6.45, 7) is 8.88. The molecule has 7 atom stereocenters. The Balaban J connectivity index is 1.48. The van der Waals surface area contributed by atoms with Crippen LogP contribution in [-0.4, -0.2) is 33.6 Å². The van der Waals surface area contributed by atoms with Gasteiger partial charge >= 0.3 is 0 Å². The second kappa shape index (κ2) is 8.76. The fourth-order valence-electron chi connectivity index (χ4n) is 6.63. The fourth-order valence-corrected chi connectivity index (χ4v) is 6.63. The van der Waals surface area contributed by atoms with Crippen LogP contribution in [0, 0.1) is 29.1 Å². The molecule has 0 bridgehead atoms. The summed E-state index contributed by atoms with van der Waals surface area (Å²) in [6.07, 6.45) is 16.9. The minimum atomic E-state index is -0.621. The maximum absolute atomic E-state index is 10.2. The highest BCUT2D eigenvalue weighted by molar-refractivity contribution is 5.38. The molecule has 4 saturated carbocycles. The summed E-state index contributed by atoms with van der Waals surface area (Å²) in [5.41, 5.74) is 3.63. The first kappa shape index (κ1) is 22.0. The Hall–Kier alpha value is -1.16. The topological polar surface area (TPSA) is 60.7 Å². The van der Waals surface area contributed by atoms with Crippen LogP contribution in [0.1, 0.15) is 71.6 Å². The summed E-state index contributed by atoms with van der Waals surface area (Å²) >= 11 is 0. The summed E-state index contributed by atoms with van der Waals surface area (Å²) in [4.78, 5) is 0. The average molecular weight is 413 g/mol. The zero-order valence-corrected chi connectivity index (χ0v) is 18.8. The van der Waals surface area contributed by atoms with Gasteiger partial charge in [-0.15, -0.1) is 0 Å². The molecular weight excluding hydrogens is 372 g/mol. The first-order chi connectivity index (χ1) is 14.3. The van der Waals surface area contributed by atoms with Crippen LogP contribution in [0.4, 0.5) is 0 Å². The van der Waals surface area contributed by atoms with Crippen molar-refractivity contribution in [2.75, 3.05) is 0 Å². The molecule has 30 heavy (non-hydrogen) atoms. The van der Waals surface area contributed by atoms with Gasteiger partial charge in [0.1, 0.15) is 0 Å². The van der Waals surface area contributed by atoms with Crippen LogP contribution in [0.15, 0.2) is 47.6 Å². The molecule has 0 aromatic carbocycles. The molecule has 4 aliphatic rings. The predicted molar refractivity (Wildman–Crippen MR) is 122 cm³/mol. The third-order valence-electron chi connectivity index (χ3n) is 8.65. The second-order valence-corrected chi connectivity index (χ2v) is 10.7.